The van der Waals surface area contributed by atoms with Crippen LogP contribution < -0.4 is 0 Å². The summed E-state index contributed by atoms with van der Waals surface area (Å²) in [5, 5.41) is 0. The lowest BCUT2D eigenvalue weighted by molar-refractivity contribution is 0.669. The average molecular weight is 251 g/mol. The topological polar surface area (TPSA) is 0 Å². The molecular weight excluding hydrogens is 228 g/mol. The Kier molecular flexibility index (Phi) is 5.68. The number of hydrogen-bond acceptors (Lipinski definition) is 0. The highest BCUT2D eigenvalue weighted by atomic mass is 14.1. The maximum Gasteiger partial charge on any atom is -0.0219 e. The van der Waals surface area contributed by atoms with Gasteiger partial charge in [-0.05, 0) is 42.7 Å². The van der Waals surface area contributed by atoms with E-state index in [2.05, 4.69) is 67.6 Å². The summed E-state index contributed by atoms with van der Waals surface area (Å²) in [6.07, 6.45) is 6.18. The Bertz CT molecular complexity index is 444. The molecule has 0 atom stereocenters. The fourth-order valence-corrected chi connectivity index (χ4v) is 2.43. The molecule has 0 N–H and O–H groups in total. The van der Waals surface area contributed by atoms with Crippen LogP contribution in [-0.2, 0) is 12.8 Å². The van der Waals surface area contributed by atoms with Crippen molar-refractivity contribution in [2.24, 2.45) is 0 Å². The third-order valence-electron chi connectivity index (χ3n) is 3.51. The summed E-state index contributed by atoms with van der Waals surface area (Å²) in [6, 6.07) is 21.5. The minimum absolute atomic E-state index is 1.13. The number of hydrogen-bond donors (Lipinski definition) is 0. The van der Waals surface area contributed by atoms with Crippen molar-refractivity contribution in [3.63, 3.8) is 0 Å². The molecule has 2 aromatic rings. The third-order valence-corrected chi connectivity index (χ3v) is 3.51. The summed E-state index contributed by atoms with van der Waals surface area (Å²) in [7, 11) is 0. The Hall–Kier alpha value is -1.56. The first-order valence-electron chi connectivity index (χ1n) is 7.24. The lowest BCUT2D eigenvalue weighted by atomic mass is 9.95. The zero-order valence-electron chi connectivity index (χ0n) is 11.8. The van der Waals surface area contributed by atoms with Gasteiger partial charge in [-0.3, -0.25) is 0 Å². The first-order chi connectivity index (χ1) is 9.34. The van der Waals surface area contributed by atoms with Crippen LogP contribution in [0.2, 0.25) is 0 Å². The molecule has 19 heavy (non-hydrogen) atoms. The van der Waals surface area contributed by atoms with Crippen molar-refractivity contribution in [3.05, 3.63) is 77.7 Å². The van der Waals surface area contributed by atoms with Crippen molar-refractivity contribution in [3.8, 4) is 0 Å². The minimum Gasteiger partial charge on any atom is -0.0622 e. The lowest BCUT2D eigenvalue weighted by Crippen LogP contribution is -1.98. The standard InChI is InChI=1S/C19H23/c1-17(16-19-14-6-3-7-15-19)10-8-9-13-18-11-4-2-5-12-18/h2-7,11-12,14-15H,8-10,13,16H2,1H3. The van der Waals surface area contributed by atoms with Crippen molar-refractivity contribution in [1.29, 1.82) is 0 Å². The predicted octanol–water partition coefficient (Wildman–Crippen LogP) is 5.24. The van der Waals surface area contributed by atoms with E-state index in [0.717, 1.165) is 6.42 Å². The van der Waals surface area contributed by atoms with Crippen molar-refractivity contribution in [2.75, 3.05) is 0 Å². The van der Waals surface area contributed by atoms with Gasteiger partial charge >= 0.3 is 0 Å². The minimum atomic E-state index is 1.13. The van der Waals surface area contributed by atoms with Crippen LogP contribution in [0.25, 0.3) is 0 Å². The molecule has 0 unspecified atom stereocenters. The van der Waals surface area contributed by atoms with E-state index in [0.29, 0.717) is 0 Å². The molecule has 0 spiro atoms. The van der Waals surface area contributed by atoms with Gasteiger partial charge in [0.05, 0.1) is 0 Å². The summed E-state index contributed by atoms with van der Waals surface area (Å²) in [5.41, 5.74) is 2.89. The monoisotopic (exact) mass is 251 g/mol. The van der Waals surface area contributed by atoms with Gasteiger partial charge in [0.15, 0.2) is 0 Å². The summed E-state index contributed by atoms with van der Waals surface area (Å²) in [4.78, 5) is 0. The molecule has 0 aromatic heterocycles. The second-order valence-corrected chi connectivity index (χ2v) is 5.31. The summed E-state index contributed by atoms with van der Waals surface area (Å²) < 4.78 is 0. The first-order valence-corrected chi connectivity index (χ1v) is 7.24. The zero-order valence-corrected chi connectivity index (χ0v) is 11.8. The smallest absolute Gasteiger partial charge is 0.0219 e. The average Bonchev–Trinajstić information content (AvgIpc) is 2.46. The van der Waals surface area contributed by atoms with E-state index in [1.165, 1.54) is 36.8 Å². The highest BCUT2D eigenvalue weighted by Gasteiger charge is 2.04. The van der Waals surface area contributed by atoms with Crippen LogP contribution in [-0.4, -0.2) is 0 Å². The Balaban J connectivity index is 1.63. The number of rotatable bonds is 7. The van der Waals surface area contributed by atoms with Gasteiger partial charge in [-0.2, -0.15) is 0 Å². The third kappa shape index (κ3) is 5.30. The van der Waals surface area contributed by atoms with Crippen LogP contribution in [0.1, 0.15) is 37.3 Å². The quantitative estimate of drug-likeness (QED) is 0.591. The van der Waals surface area contributed by atoms with E-state index >= 15 is 0 Å². The lowest BCUT2D eigenvalue weighted by Gasteiger charge is -2.10. The molecule has 0 bridgehead atoms. The van der Waals surface area contributed by atoms with Crippen LogP contribution in [0.4, 0.5) is 0 Å². The molecule has 2 rings (SSSR count). The molecule has 0 saturated carbocycles. The summed E-state index contributed by atoms with van der Waals surface area (Å²) >= 11 is 0. The summed E-state index contributed by atoms with van der Waals surface area (Å²) in [6.45, 7) is 2.29. The van der Waals surface area contributed by atoms with E-state index in [1.807, 2.05) is 0 Å². The second kappa shape index (κ2) is 7.78. The van der Waals surface area contributed by atoms with Crippen LogP contribution >= 0.6 is 0 Å². The van der Waals surface area contributed by atoms with Crippen LogP contribution in [0.5, 0.6) is 0 Å². The molecule has 1 radical (unpaired) electrons. The van der Waals surface area contributed by atoms with Gasteiger partial charge in [-0.15, -0.1) is 0 Å². The number of unbranched alkanes of at least 4 members (excludes halogenated alkanes) is 1. The molecule has 0 saturated heterocycles. The Labute approximate surface area is 117 Å². The van der Waals surface area contributed by atoms with E-state index in [9.17, 15) is 0 Å². The SMILES string of the molecule is C[C](CCCCc1ccccc1)Cc1ccccc1. The molecule has 0 heterocycles. The second-order valence-electron chi connectivity index (χ2n) is 5.31. The number of benzene rings is 2. The Morgan fingerprint density at radius 2 is 1.32 bits per heavy atom. The van der Waals surface area contributed by atoms with E-state index < -0.39 is 0 Å². The number of aryl methyl sites for hydroxylation is 1. The molecule has 0 nitrogen and oxygen atoms in total. The molecular formula is C19H23. The molecule has 0 aliphatic rings. The predicted molar refractivity (Wildman–Crippen MR) is 83.1 cm³/mol. The van der Waals surface area contributed by atoms with Crippen molar-refractivity contribution < 1.29 is 0 Å². The molecule has 0 amide bonds. The van der Waals surface area contributed by atoms with Crippen molar-refractivity contribution in [2.45, 2.75) is 39.0 Å². The maximum atomic E-state index is 2.29. The van der Waals surface area contributed by atoms with E-state index in [-0.39, 0.29) is 0 Å². The molecule has 0 fully saturated rings. The fourth-order valence-electron chi connectivity index (χ4n) is 2.43. The van der Waals surface area contributed by atoms with Gasteiger partial charge in [0.1, 0.15) is 0 Å². The molecule has 2 aromatic carbocycles. The molecule has 0 aliphatic carbocycles. The van der Waals surface area contributed by atoms with Crippen LogP contribution in [0.3, 0.4) is 0 Å². The Morgan fingerprint density at radius 1 is 0.737 bits per heavy atom. The van der Waals surface area contributed by atoms with Gasteiger partial charge in [0, 0.05) is 0 Å². The van der Waals surface area contributed by atoms with Gasteiger partial charge in [-0.25, -0.2) is 0 Å². The molecule has 0 aliphatic heterocycles. The van der Waals surface area contributed by atoms with Gasteiger partial charge < -0.3 is 0 Å². The maximum absolute atomic E-state index is 2.29. The highest BCUT2D eigenvalue weighted by molar-refractivity contribution is 5.18. The largest absolute Gasteiger partial charge is 0.0622 e. The van der Waals surface area contributed by atoms with E-state index in [1.54, 1.807) is 5.92 Å². The first kappa shape index (κ1) is 13.9. The normalized spacial score (nSPS) is 10.8. The van der Waals surface area contributed by atoms with E-state index in [4.69, 9.17) is 0 Å². The fraction of sp³-hybridized carbons (Fsp3) is 0.316. The van der Waals surface area contributed by atoms with Crippen LogP contribution in [0, 0.1) is 5.92 Å². The highest BCUT2D eigenvalue weighted by Crippen LogP contribution is 2.17. The zero-order chi connectivity index (χ0) is 13.3. The molecule has 0 heteroatoms. The van der Waals surface area contributed by atoms with Gasteiger partial charge in [0.2, 0.25) is 0 Å². The van der Waals surface area contributed by atoms with Crippen molar-refractivity contribution in [1.82, 2.24) is 0 Å². The molecule has 99 valence electrons. The van der Waals surface area contributed by atoms with Gasteiger partial charge in [0.25, 0.3) is 0 Å². The van der Waals surface area contributed by atoms with Crippen molar-refractivity contribution >= 4 is 0 Å². The summed E-state index contributed by atoms with van der Waals surface area (Å²) in [5.74, 6) is 1.60. The van der Waals surface area contributed by atoms with Crippen LogP contribution in [0.15, 0.2) is 60.7 Å². The van der Waals surface area contributed by atoms with Gasteiger partial charge in [-0.1, -0.05) is 74.0 Å². The Morgan fingerprint density at radius 3 is 1.95 bits per heavy atom.